The molecule has 0 aromatic rings. The molecule has 10 heteroatoms. The van der Waals surface area contributed by atoms with Crippen LogP contribution in [0.3, 0.4) is 0 Å². The monoisotopic (exact) mass is 737 g/mol. The van der Waals surface area contributed by atoms with Gasteiger partial charge >= 0.3 is 19.8 Å². The summed E-state index contributed by atoms with van der Waals surface area (Å²) in [5.41, 5.74) is 5.28. The molecule has 1 unspecified atom stereocenters. The Labute approximate surface area is 314 Å². The molecular formula is C40H78NO8P. The molecule has 0 saturated carbocycles. The molecule has 50 heavy (non-hydrogen) atoms. The number of carbonyl (C=O) groups is 2. The molecule has 0 amide bonds. The van der Waals surface area contributed by atoms with E-state index in [9.17, 15) is 19.0 Å². The van der Waals surface area contributed by atoms with Crippen LogP contribution in [-0.2, 0) is 32.7 Å². The molecule has 0 bridgehead atoms. The molecule has 0 heterocycles. The van der Waals surface area contributed by atoms with Gasteiger partial charge in [-0.15, -0.1) is 0 Å². The van der Waals surface area contributed by atoms with Crippen molar-refractivity contribution in [2.45, 2.75) is 206 Å². The molecule has 0 aliphatic heterocycles. The molecule has 0 aromatic heterocycles. The smallest absolute Gasteiger partial charge is 0.462 e. The minimum absolute atomic E-state index is 0.210. The molecule has 0 rings (SSSR count). The Balaban J connectivity index is 4.89. The average Bonchev–Trinajstić information content (AvgIpc) is 3.11. The second kappa shape index (κ2) is 37.5. The molecule has 3 N–H and O–H groups in total. The van der Waals surface area contributed by atoms with E-state index in [-0.39, 0.29) is 19.4 Å². The van der Waals surface area contributed by atoms with Crippen molar-refractivity contribution >= 4 is 19.8 Å². The summed E-state index contributed by atoms with van der Waals surface area (Å²) in [6, 6.07) is 0. The number of hydrogen-bond donors (Lipinski definition) is 2. The maximum atomic E-state index is 12.9. The van der Waals surface area contributed by atoms with E-state index in [0.717, 1.165) is 51.4 Å². The fourth-order valence-electron chi connectivity index (χ4n) is 5.48. The third-order valence-electron chi connectivity index (χ3n) is 8.48. The van der Waals surface area contributed by atoms with E-state index in [1.807, 2.05) is 0 Å². The first-order chi connectivity index (χ1) is 26.2. The number of allylic oxidation sites excluding steroid dienone is 2. The van der Waals surface area contributed by atoms with Gasteiger partial charge in [0.25, 0.3) is 0 Å². The Hall–Kier alpha value is -1.25. The zero-order valence-electron chi connectivity index (χ0n) is 36.9. The molecule has 0 saturated heterocycles. The van der Waals surface area contributed by atoms with E-state index in [0.29, 0.717) is 25.7 Å². The standard InChI is InChI=1S/C40H78NO8P/c1-3-5-7-9-11-13-15-17-19-21-23-25-27-29-31-33-40(43)49-38(37-48-50(44,45)47-35-34-41)36-46-39(42)32-30-28-26-24-22-20-18-16-14-12-10-8-6-4-2/h17,19,38H,3-16,18,20-37,41H2,1-2H3,(H,44,45)/b19-17-/t38-/m1/s1/i36D2,37D2,38D. The number of hydrogen-bond acceptors (Lipinski definition) is 8. The van der Waals surface area contributed by atoms with Crippen molar-refractivity contribution in [3.05, 3.63) is 12.2 Å². The number of nitrogens with two attached hydrogens (primary N) is 1. The summed E-state index contributed by atoms with van der Waals surface area (Å²) >= 11 is 0. The molecule has 2 atom stereocenters. The van der Waals surface area contributed by atoms with Crippen LogP contribution in [-0.4, -0.2) is 49.2 Å². The van der Waals surface area contributed by atoms with Crippen LogP contribution in [0.5, 0.6) is 0 Å². The van der Waals surface area contributed by atoms with E-state index < -0.39 is 45.6 Å². The Morgan fingerprint density at radius 1 is 0.640 bits per heavy atom. The van der Waals surface area contributed by atoms with E-state index in [1.54, 1.807) is 0 Å². The van der Waals surface area contributed by atoms with Gasteiger partial charge in [0.1, 0.15) is 6.56 Å². The maximum Gasteiger partial charge on any atom is 0.472 e. The first-order valence-corrected chi connectivity index (χ1v) is 21.6. The highest BCUT2D eigenvalue weighted by Gasteiger charge is 2.26. The van der Waals surface area contributed by atoms with E-state index in [1.165, 1.54) is 96.3 Å². The normalized spacial score (nSPS) is 16.1. The highest BCUT2D eigenvalue weighted by molar-refractivity contribution is 7.47. The highest BCUT2D eigenvalue weighted by Crippen LogP contribution is 2.43. The molecule has 9 nitrogen and oxygen atoms in total. The van der Waals surface area contributed by atoms with Gasteiger partial charge in [-0.25, -0.2) is 4.57 Å². The number of carbonyl (C=O) groups excluding carboxylic acids is 2. The van der Waals surface area contributed by atoms with Crippen LogP contribution in [0.4, 0.5) is 0 Å². The minimum atomic E-state index is -5.25. The summed E-state index contributed by atoms with van der Waals surface area (Å²) in [6.07, 6.45) is 29.2. The topological polar surface area (TPSA) is 134 Å². The van der Waals surface area contributed by atoms with Crippen molar-refractivity contribution < 1.29 is 44.4 Å². The molecule has 296 valence electrons. The lowest BCUT2D eigenvalue weighted by Gasteiger charge is -2.19. The summed E-state index contributed by atoms with van der Waals surface area (Å²) in [5.74, 6) is -2.22. The van der Waals surface area contributed by atoms with E-state index in [4.69, 9.17) is 22.1 Å². The third kappa shape index (κ3) is 36.5. The molecule has 0 aliphatic rings. The van der Waals surface area contributed by atoms with Crippen LogP contribution < -0.4 is 5.73 Å². The van der Waals surface area contributed by atoms with Gasteiger partial charge in [-0.2, -0.15) is 0 Å². The van der Waals surface area contributed by atoms with Crippen molar-refractivity contribution in [1.29, 1.82) is 0 Å². The summed E-state index contributed by atoms with van der Waals surface area (Å²) < 4.78 is 73.4. The second-order valence-corrected chi connectivity index (χ2v) is 14.7. The van der Waals surface area contributed by atoms with E-state index in [2.05, 4.69) is 35.0 Å². The number of phosphoric ester groups is 1. The van der Waals surface area contributed by atoms with Gasteiger partial charge in [0.15, 0.2) is 6.08 Å². The van der Waals surface area contributed by atoms with Gasteiger partial charge in [0.2, 0.25) is 0 Å². The first-order valence-electron chi connectivity index (χ1n) is 22.6. The van der Waals surface area contributed by atoms with Crippen LogP contribution in [0.25, 0.3) is 0 Å². The summed E-state index contributed by atoms with van der Waals surface area (Å²) in [4.78, 5) is 35.6. The first kappa shape index (κ1) is 39.9. The van der Waals surface area contributed by atoms with Gasteiger partial charge in [-0.3, -0.25) is 18.6 Å². The second-order valence-electron chi connectivity index (χ2n) is 13.3. The quantitative estimate of drug-likeness (QED) is 0.0273. The van der Waals surface area contributed by atoms with Crippen molar-refractivity contribution in [3.63, 3.8) is 0 Å². The molecule has 0 radical (unpaired) electrons. The van der Waals surface area contributed by atoms with E-state index >= 15 is 0 Å². The Bertz CT molecular complexity index is 1050. The molecule has 0 spiro atoms. The van der Waals surface area contributed by atoms with Gasteiger partial charge in [-0.1, -0.05) is 161 Å². The SMILES string of the molecule is [2H]C([2H])(OC(=O)CCCCCCCCCCCCCCCC)[C@@]([2H])(OC(=O)CCCCCCC/C=C\CCCCCCCC)C([2H])([2H])OP(=O)(O)OCCN. The Morgan fingerprint density at radius 3 is 1.48 bits per heavy atom. The highest BCUT2D eigenvalue weighted by atomic mass is 31.2. The Morgan fingerprint density at radius 2 is 1.04 bits per heavy atom. The van der Waals surface area contributed by atoms with Crippen molar-refractivity contribution in [3.8, 4) is 0 Å². The average molecular weight is 737 g/mol. The largest absolute Gasteiger partial charge is 0.472 e. The number of phosphoric acid groups is 1. The summed E-state index contributed by atoms with van der Waals surface area (Å²) in [5, 5.41) is 0. The van der Waals surface area contributed by atoms with Crippen LogP contribution in [0.1, 0.15) is 207 Å². The van der Waals surface area contributed by atoms with Crippen LogP contribution in [0.15, 0.2) is 12.2 Å². The zero-order chi connectivity index (χ0) is 41.3. The minimum Gasteiger partial charge on any atom is -0.462 e. The lowest BCUT2D eigenvalue weighted by molar-refractivity contribution is -0.161. The number of unbranched alkanes of at least 4 members (excludes halogenated alkanes) is 24. The molecular weight excluding hydrogens is 653 g/mol. The van der Waals surface area contributed by atoms with Gasteiger partial charge in [-0.05, 0) is 38.5 Å². The third-order valence-corrected chi connectivity index (χ3v) is 9.31. The fraction of sp³-hybridized carbons (Fsp3) is 0.900. The van der Waals surface area contributed by atoms with Gasteiger partial charge in [0, 0.05) is 19.4 Å². The van der Waals surface area contributed by atoms with Crippen molar-refractivity contribution in [1.82, 2.24) is 0 Å². The van der Waals surface area contributed by atoms with Crippen LogP contribution in [0.2, 0.25) is 0 Å². The molecule has 0 aromatic carbocycles. The zero-order valence-corrected chi connectivity index (χ0v) is 32.8. The maximum absolute atomic E-state index is 12.9. The Kier molecular flexibility index (Phi) is 30.0. The van der Waals surface area contributed by atoms with Gasteiger partial charge < -0.3 is 20.1 Å². The van der Waals surface area contributed by atoms with Crippen LogP contribution in [0, 0.1) is 0 Å². The lowest BCUT2D eigenvalue weighted by atomic mass is 10.0. The fourth-order valence-corrected chi connectivity index (χ4v) is 6.07. The van der Waals surface area contributed by atoms with Crippen LogP contribution >= 0.6 is 7.82 Å². The molecule has 0 aliphatic carbocycles. The molecule has 0 fully saturated rings. The number of rotatable bonds is 39. The number of ether oxygens (including phenoxy) is 2. The summed E-state index contributed by atoms with van der Waals surface area (Å²) in [7, 11) is -5.25. The summed E-state index contributed by atoms with van der Waals surface area (Å²) in [6.45, 7) is -3.71. The van der Waals surface area contributed by atoms with Gasteiger partial charge in [0.05, 0.1) is 20.0 Å². The predicted molar refractivity (Wildman–Crippen MR) is 206 cm³/mol. The predicted octanol–water partition coefficient (Wildman–Crippen LogP) is 11.4. The lowest BCUT2D eigenvalue weighted by Crippen LogP contribution is -2.29. The van der Waals surface area contributed by atoms with Crippen molar-refractivity contribution in [2.24, 2.45) is 5.73 Å². The number of esters is 2. The van der Waals surface area contributed by atoms with Crippen molar-refractivity contribution in [2.75, 3.05) is 26.3 Å².